The third-order valence-corrected chi connectivity index (χ3v) is 11.2. The molecule has 1 aromatic heterocycles. The van der Waals surface area contributed by atoms with Gasteiger partial charge in [-0.25, -0.2) is 0 Å². The van der Waals surface area contributed by atoms with Crippen molar-refractivity contribution in [3.05, 3.63) is 182 Å². The lowest BCUT2D eigenvalue weighted by atomic mass is 9.84. The van der Waals surface area contributed by atoms with Crippen LogP contribution in [-0.4, -0.2) is 0 Å². The van der Waals surface area contributed by atoms with E-state index in [2.05, 4.69) is 182 Å². The first kappa shape index (κ1) is 28.0. The van der Waals surface area contributed by atoms with Crippen LogP contribution in [0.5, 0.6) is 0 Å². The van der Waals surface area contributed by atoms with Crippen molar-refractivity contribution in [1.29, 1.82) is 0 Å². The van der Waals surface area contributed by atoms with Crippen LogP contribution in [0, 0.1) is 0 Å². The monoisotopic (exact) mass is 638 g/mol. The molecule has 1 heterocycles. The van der Waals surface area contributed by atoms with Gasteiger partial charge in [0.1, 0.15) is 0 Å². The zero-order valence-corrected chi connectivity index (χ0v) is 27.5. The summed E-state index contributed by atoms with van der Waals surface area (Å²) in [6.07, 6.45) is 0. The summed E-state index contributed by atoms with van der Waals surface area (Å²) in [4.78, 5) is 0. The van der Waals surface area contributed by atoms with Crippen molar-refractivity contribution in [1.82, 2.24) is 0 Å². The van der Waals surface area contributed by atoms with Crippen LogP contribution in [0.3, 0.4) is 0 Å². The summed E-state index contributed by atoms with van der Waals surface area (Å²) in [5.41, 5.74) is 10.1. The normalized spacial score (nSPS) is 11.7. The van der Waals surface area contributed by atoms with Crippen molar-refractivity contribution in [2.75, 3.05) is 0 Å². The summed E-state index contributed by atoms with van der Waals surface area (Å²) in [5, 5.41) is 10.3. The average Bonchev–Trinajstić information content (AvgIpc) is 3.56. The predicted octanol–water partition coefficient (Wildman–Crippen LogP) is 14.2. The summed E-state index contributed by atoms with van der Waals surface area (Å²) in [6.45, 7) is 0. The molecule has 0 spiro atoms. The standard InChI is InChI=1S/C48H30S/c1-2-15-34-31(13-1)14-11-23-37(34)36-17-4-3-16-35(36)32-27-29-33(30-28-32)46-38-18-5-7-20-40(38)47(41-21-8-6-19-39(41)46)43-24-12-26-45-48(43)42-22-9-10-25-44(42)49-45/h1-30H. The third kappa shape index (κ3) is 4.44. The van der Waals surface area contributed by atoms with Crippen molar-refractivity contribution >= 4 is 63.8 Å². The smallest absolute Gasteiger partial charge is 0.0361 e. The molecule has 49 heavy (non-hydrogen) atoms. The average molecular weight is 639 g/mol. The van der Waals surface area contributed by atoms with E-state index in [0.717, 1.165) is 0 Å². The van der Waals surface area contributed by atoms with E-state index < -0.39 is 0 Å². The Balaban J connectivity index is 1.18. The number of hydrogen-bond donors (Lipinski definition) is 0. The molecule has 0 saturated carbocycles. The van der Waals surface area contributed by atoms with Crippen molar-refractivity contribution < 1.29 is 0 Å². The Bertz CT molecular complexity index is 2810. The molecular weight excluding hydrogens is 609 g/mol. The highest BCUT2D eigenvalue weighted by Gasteiger charge is 2.20. The third-order valence-electron chi connectivity index (χ3n) is 10.1. The molecule has 228 valence electrons. The fraction of sp³-hybridized carbons (Fsp3) is 0. The van der Waals surface area contributed by atoms with E-state index in [1.165, 1.54) is 97.0 Å². The highest BCUT2D eigenvalue weighted by molar-refractivity contribution is 7.25. The minimum Gasteiger partial charge on any atom is -0.135 e. The van der Waals surface area contributed by atoms with Gasteiger partial charge in [0.05, 0.1) is 0 Å². The Hall–Kier alpha value is -6.02. The zero-order valence-electron chi connectivity index (χ0n) is 26.7. The van der Waals surface area contributed by atoms with E-state index in [0.29, 0.717) is 0 Å². The molecule has 0 amide bonds. The van der Waals surface area contributed by atoms with Gasteiger partial charge in [0.25, 0.3) is 0 Å². The quantitative estimate of drug-likeness (QED) is 0.168. The molecule has 0 fully saturated rings. The Morgan fingerprint density at radius 2 is 0.735 bits per heavy atom. The minimum atomic E-state index is 1.22. The van der Waals surface area contributed by atoms with Crippen LogP contribution < -0.4 is 0 Å². The van der Waals surface area contributed by atoms with Gasteiger partial charge in [-0.05, 0) is 89.0 Å². The maximum absolute atomic E-state index is 2.32. The van der Waals surface area contributed by atoms with Crippen LogP contribution in [0.2, 0.25) is 0 Å². The number of hydrogen-bond acceptors (Lipinski definition) is 1. The van der Waals surface area contributed by atoms with Crippen molar-refractivity contribution in [2.24, 2.45) is 0 Å². The van der Waals surface area contributed by atoms with Gasteiger partial charge in [-0.15, -0.1) is 11.3 Å². The minimum absolute atomic E-state index is 1.22. The molecular formula is C48H30S. The molecule has 0 radical (unpaired) electrons. The van der Waals surface area contributed by atoms with E-state index in [9.17, 15) is 0 Å². The summed E-state index contributed by atoms with van der Waals surface area (Å²) in [6, 6.07) is 66.9. The molecule has 0 aliphatic rings. The van der Waals surface area contributed by atoms with E-state index >= 15 is 0 Å². The van der Waals surface area contributed by atoms with Crippen LogP contribution in [0.4, 0.5) is 0 Å². The first-order valence-electron chi connectivity index (χ1n) is 16.9. The first-order valence-corrected chi connectivity index (χ1v) is 17.7. The van der Waals surface area contributed by atoms with Crippen molar-refractivity contribution in [3.8, 4) is 44.5 Å². The molecule has 0 saturated heterocycles. The zero-order chi connectivity index (χ0) is 32.3. The molecule has 0 aliphatic heterocycles. The maximum Gasteiger partial charge on any atom is 0.0361 e. The lowest BCUT2D eigenvalue weighted by molar-refractivity contribution is 1.59. The van der Waals surface area contributed by atoms with E-state index in [-0.39, 0.29) is 0 Å². The van der Waals surface area contributed by atoms with Crippen LogP contribution in [-0.2, 0) is 0 Å². The molecule has 0 nitrogen and oxygen atoms in total. The van der Waals surface area contributed by atoms with Gasteiger partial charge >= 0.3 is 0 Å². The summed E-state index contributed by atoms with van der Waals surface area (Å²) >= 11 is 1.88. The summed E-state index contributed by atoms with van der Waals surface area (Å²) < 4.78 is 2.66. The lowest BCUT2D eigenvalue weighted by Gasteiger charge is -2.19. The highest BCUT2D eigenvalue weighted by Crippen LogP contribution is 2.48. The molecule has 10 aromatic rings. The Kier molecular flexibility index (Phi) is 6.47. The van der Waals surface area contributed by atoms with Gasteiger partial charge in [0, 0.05) is 20.2 Å². The molecule has 9 aromatic carbocycles. The second-order valence-corrected chi connectivity index (χ2v) is 13.9. The summed E-state index contributed by atoms with van der Waals surface area (Å²) in [5.74, 6) is 0. The molecule has 0 unspecified atom stereocenters. The SMILES string of the molecule is c1ccc(-c2cccc3ccccc23)c(-c2ccc(-c3c4ccccc4c(-c4cccc5sc6ccccc6c45)c4ccccc34)cc2)c1. The van der Waals surface area contributed by atoms with Crippen LogP contribution >= 0.6 is 11.3 Å². The fourth-order valence-corrected chi connectivity index (χ4v) is 9.09. The van der Waals surface area contributed by atoms with E-state index in [1.54, 1.807) is 0 Å². The topological polar surface area (TPSA) is 0 Å². The Morgan fingerprint density at radius 3 is 1.47 bits per heavy atom. The fourth-order valence-electron chi connectivity index (χ4n) is 7.96. The second-order valence-electron chi connectivity index (χ2n) is 12.8. The second kappa shape index (κ2) is 11.3. The van der Waals surface area contributed by atoms with Crippen molar-refractivity contribution in [3.63, 3.8) is 0 Å². The molecule has 0 aliphatic carbocycles. The van der Waals surface area contributed by atoms with E-state index in [4.69, 9.17) is 0 Å². The number of rotatable bonds is 4. The van der Waals surface area contributed by atoms with Crippen LogP contribution in [0.1, 0.15) is 0 Å². The van der Waals surface area contributed by atoms with Gasteiger partial charge in [-0.2, -0.15) is 0 Å². The Morgan fingerprint density at radius 1 is 0.265 bits per heavy atom. The molecule has 0 bridgehead atoms. The van der Waals surface area contributed by atoms with Gasteiger partial charge in [0.15, 0.2) is 0 Å². The largest absolute Gasteiger partial charge is 0.135 e. The molecule has 0 N–H and O–H groups in total. The Labute approximate surface area is 289 Å². The number of fused-ring (bicyclic) bond motifs is 6. The van der Waals surface area contributed by atoms with Gasteiger partial charge in [0.2, 0.25) is 0 Å². The van der Waals surface area contributed by atoms with E-state index in [1.807, 2.05) is 11.3 Å². The van der Waals surface area contributed by atoms with Crippen LogP contribution in [0.25, 0.3) is 97.0 Å². The van der Waals surface area contributed by atoms with Crippen LogP contribution in [0.15, 0.2) is 182 Å². The highest BCUT2D eigenvalue weighted by atomic mass is 32.1. The molecule has 0 atom stereocenters. The first-order chi connectivity index (χ1) is 24.3. The van der Waals surface area contributed by atoms with Gasteiger partial charge in [-0.1, -0.05) is 170 Å². The molecule has 1 heteroatoms. The molecule has 10 rings (SSSR count). The van der Waals surface area contributed by atoms with Gasteiger partial charge in [-0.3, -0.25) is 0 Å². The predicted molar refractivity (Wildman–Crippen MR) is 214 cm³/mol. The van der Waals surface area contributed by atoms with Gasteiger partial charge < -0.3 is 0 Å². The van der Waals surface area contributed by atoms with Crippen molar-refractivity contribution in [2.45, 2.75) is 0 Å². The number of thiophene rings is 1. The lowest BCUT2D eigenvalue weighted by Crippen LogP contribution is -1.91. The maximum atomic E-state index is 2.32. The summed E-state index contributed by atoms with van der Waals surface area (Å²) in [7, 11) is 0. The number of benzene rings is 9.